The molecule has 0 saturated carbocycles. The van der Waals surface area contributed by atoms with Crippen LogP contribution in [0.3, 0.4) is 0 Å². The van der Waals surface area contributed by atoms with Crippen LogP contribution < -0.4 is 0 Å². The predicted molar refractivity (Wildman–Crippen MR) is 86.4 cm³/mol. The summed E-state index contributed by atoms with van der Waals surface area (Å²) in [5.41, 5.74) is 0.958. The van der Waals surface area contributed by atoms with E-state index < -0.39 is 5.97 Å². The minimum atomic E-state index is -0.858. The van der Waals surface area contributed by atoms with Gasteiger partial charge in [0.05, 0.1) is 5.75 Å². The highest BCUT2D eigenvalue weighted by atomic mass is 79.9. The molecule has 0 amide bonds. The number of aliphatic carboxylic acids is 1. The number of nitrogens with zero attached hydrogens (tertiary/aromatic N) is 3. The molecule has 1 aromatic carbocycles. The first kappa shape index (κ1) is 16.0. The molecule has 0 fully saturated rings. The van der Waals surface area contributed by atoms with E-state index >= 15 is 0 Å². The van der Waals surface area contributed by atoms with Crippen molar-refractivity contribution in [2.24, 2.45) is 5.92 Å². The zero-order valence-electron chi connectivity index (χ0n) is 11.8. The van der Waals surface area contributed by atoms with Crippen molar-refractivity contribution in [3.63, 3.8) is 0 Å². The molecule has 0 spiro atoms. The lowest BCUT2D eigenvalue weighted by Gasteiger charge is -2.12. The summed E-state index contributed by atoms with van der Waals surface area (Å²) in [6, 6.07) is 7.84. The van der Waals surface area contributed by atoms with E-state index in [-0.39, 0.29) is 5.75 Å². The molecule has 0 saturated heterocycles. The van der Waals surface area contributed by atoms with Crippen molar-refractivity contribution in [2.75, 3.05) is 5.75 Å². The van der Waals surface area contributed by atoms with Gasteiger partial charge in [-0.25, -0.2) is 0 Å². The van der Waals surface area contributed by atoms with Crippen LogP contribution in [0.4, 0.5) is 0 Å². The summed E-state index contributed by atoms with van der Waals surface area (Å²) in [6.45, 7) is 4.96. The van der Waals surface area contributed by atoms with Gasteiger partial charge in [0.15, 0.2) is 11.0 Å². The number of carboxylic acids is 1. The minimum absolute atomic E-state index is 0.0191. The number of halogens is 1. The van der Waals surface area contributed by atoms with Crippen molar-refractivity contribution in [1.29, 1.82) is 0 Å². The summed E-state index contributed by atoms with van der Waals surface area (Å²) >= 11 is 4.65. The number of carbonyl (C=O) groups is 1. The largest absolute Gasteiger partial charge is 0.481 e. The number of benzene rings is 1. The maximum atomic E-state index is 10.7. The molecule has 0 radical (unpaired) electrons. The Labute approximate surface area is 135 Å². The molecule has 0 unspecified atom stereocenters. The van der Waals surface area contributed by atoms with Gasteiger partial charge in [-0.15, -0.1) is 10.2 Å². The van der Waals surface area contributed by atoms with Crippen LogP contribution >= 0.6 is 27.7 Å². The van der Waals surface area contributed by atoms with Gasteiger partial charge in [0, 0.05) is 16.6 Å². The summed E-state index contributed by atoms with van der Waals surface area (Å²) in [5, 5.41) is 17.8. The summed E-state index contributed by atoms with van der Waals surface area (Å²) < 4.78 is 2.96. The van der Waals surface area contributed by atoms with Gasteiger partial charge < -0.3 is 9.67 Å². The van der Waals surface area contributed by atoms with E-state index in [1.54, 1.807) is 0 Å². The average Bonchev–Trinajstić information content (AvgIpc) is 2.78. The third-order valence-electron chi connectivity index (χ3n) is 2.67. The first-order chi connectivity index (χ1) is 9.97. The fourth-order valence-corrected chi connectivity index (χ4v) is 2.96. The molecule has 1 aromatic heterocycles. The van der Waals surface area contributed by atoms with E-state index in [2.05, 4.69) is 40.0 Å². The highest BCUT2D eigenvalue weighted by Crippen LogP contribution is 2.26. The van der Waals surface area contributed by atoms with Gasteiger partial charge in [-0.1, -0.05) is 53.7 Å². The fraction of sp³-hybridized carbons (Fsp3) is 0.357. The second-order valence-corrected chi connectivity index (χ2v) is 6.86. The Balaban J connectivity index is 2.38. The lowest BCUT2D eigenvalue weighted by Crippen LogP contribution is -2.09. The SMILES string of the molecule is CC(C)Cn1c(SCC(=O)O)nnc1-c1cccc(Br)c1. The molecule has 112 valence electrons. The molecule has 0 aliphatic carbocycles. The number of carboxylic acid groups (broad SMARTS) is 1. The van der Waals surface area contributed by atoms with Crippen molar-refractivity contribution >= 4 is 33.7 Å². The molecule has 7 heteroatoms. The predicted octanol–water partition coefficient (Wildman–Crippen LogP) is 3.54. The van der Waals surface area contributed by atoms with Crippen LogP contribution in [-0.4, -0.2) is 31.6 Å². The molecule has 5 nitrogen and oxygen atoms in total. The van der Waals surface area contributed by atoms with Crippen molar-refractivity contribution in [1.82, 2.24) is 14.8 Å². The summed E-state index contributed by atoms with van der Waals surface area (Å²) in [4.78, 5) is 10.7. The van der Waals surface area contributed by atoms with Gasteiger partial charge in [-0.05, 0) is 18.1 Å². The maximum Gasteiger partial charge on any atom is 0.313 e. The molecule has 0 aliphatic rings. The number of rotatable bonds is 6. The molecule has 1 N–H and O–H groups in total. The average molecular weight is 370 g/mol. The molecule has 0 bridgehead atoms. The van der Waals surface area contributed by atoms with E-state index in [4.69, 9.17) is 5.11 Å². The van der Waals surface area contributed by atoms with Gasteiger partial charge in [0.25, 0.3) is 0 Å². The Morgan fingerprint density at radius 3 is 2.81 bits per heavy atom. The van der Waals surface area contributed by atoms with Crippen molar-refractivity contribution in [3.8, 4) is 11.4 Å². The molecule has 0 atom stereocenters. The van der Waals surface area contributed by atoms with Crippen LogP contribution in [0.25, 0.3) is 11.4 Å². The second-order valence-electron chi connectivity index (χ2n) is 5.00. The number of aromatic nitrogens is 3. The van der Waals surface area contributed by atoms with E-state index in [9.17, 15) is 4.79 Å². The molecule has 1 heterocycles. The van der Waals surface area contributed by atoms with Crippen molar-refractivity contribution in [3.05, 3.63) is 28.7 Å². The van der Waals surface area contributed by atoms with Crippen molar-refractivity contribution in [2.45, 2.75) is 25.5 Å². The summed E-state index contributed by atoms with van der Waals surface area (Å²) in [5.74, 6) is 0.298. The topological polar surface area (TPSA) is 68.0 Å². The Morgan fingerprint density at radius 1 is 1.43 bits per heavy atom. The van der Waals surface area contributed by atoms with Crippen LogP contribution in [0.15, 0.2) is 33.9 Å². The second kappa shape index (κ2) is 7.09. The molecule has 2 rings (SSSR count). The Bertz CT molecular complexity index is 643. The van der Waals surface area contributed by atoms with Crippen LogP contribution in [0, 0.1) is 5.92 Å². The first-order valence-electron chi connectivity index (χ1n) is 6.51. The third-order valence-corrected chi connectivity index (χ3v) is 4.12. The highest BCUT2D eigenvalue weighted by Gasteiger charge is 2.16. The lowest BCUT2D eigenvalue weighted by molar-refractivity contribution is -0.133. The monoisotopic (exact) mass is 369 g/mol. The Hall–Kier alpha value is -1.34. The number of thioether (sulfide) groups is 1. The van der Waals surface area contributed by atoms with Crippen LogP contribution in [-0.2, 0) is 11.3 Å². The molecular formula is C14H16BrN3O2S. The standard InChI is InChI=1S/C14H16BrN3O2S/c1-9(2)7-18-13(10-4-3-5-11(15)6-10)16-17-14(18)21-8-12(19)20/h3-6,9H,7-8H2,1-2H3,(H,19,20). The van der Waals surface area contributed by atoms with E-state index in [1.165, 1.54) is 11.8 Å². The maximum absolute atomic E-state index is 10.7. The molecule has 0 aliphatic heterocycles. The Morgan fingerprint density at radius 2 is 2.19 bits per heavy atom. The van der Waals surface area contributed by atoms with Gasteiger partial charge in [0.2, 0.25) is 0 Å². The third kappa shape index (κ3) is 4.31. The lowest BCUT2D eigenvalue weighted by atomic mass is 10.2. The summed E-state index contributed by atoms with van der Waals surface area (Å²) in [7, 11) is 0. The zero-order valence-corrected chi connectivity index (χ0v) is 14.2. The first-order valence-corrected chi connectivity index (χ1v) is 8.29. The number of hydrogen-bond donors (Lipinski definition) is 1. The van der Waals surface area contributed by atoms with Gasteiger partial charge in [-0.2, -0.15) is 0 Å². The molecule has 2 aromatic rings. The van der Waals surface area contributed by atoms with Crippen LogP contribution in [0.1, 0.15) is 13.8 Å². The Kier molecular flexibility index (Phi) is 5.41. The summed E-state index contributed by atoms with van der Waals surface area (Å²) in [6.07, 6.45) is 0. The van der Waals surface area contributed by atoms with Crippen LogP contribution in [0.2, 0.25) is 0 Å². The van der Waals surface area contributed by atoms with E-state index in [1.807, 2.05) is 28.8 Å². The molecular weight excluding hydrogens is 354 g/mol. The molecule has 21 heavy (non-hydrogen) atoms. The van der Waals surface area contributed by atoms with E-state index in [0.29, 0.717) is 11.1 Å². The van der Waals surface area contributed by atoms with Gasteiger partial charge in [-0.3, -0.25) is 4.79 Å². The van der Waals surface area contributed by atoms with Crippen LogP contribution in [0.5, 0.6) is 0 Å². The van der Waals surface area contributed by atoms with E-state index in [0.717, 1.165) is 22.4 Å². The van der Waals surface area contributed by atoms with Gasteiger partial charge >= 0.3 is 5.97 Å². The van der Waals surface area contributed by atoms with Gasteiger partial charge in [0.1, 0.15) is 0 Å². The minimum Gasteiger partial charge on any atom is -0.481 e. The smallest absolute Gasteiger partial charge is 0.313 e. The normalized spacial score (nSPS) is 11.0. The van der Waals surface area contributed by atoms with Crippen molar-refractivity contribution < 1.29 is 9.90 Å². The quantitative estimate of drug-likeness (QED) is 0.788. The number of hydrogen-bond acceptors (Lipinski definition) is 4. The highest BCUT2D eigenvalue weighted by molar-refractivity contribution is 9.10. The fourth-order valence-electron chi connectivity index (χ4n) is 1.89. The zero-order chi connectivity index (χ0) is 15.4.